The first kappa shape index (κ1) is 13.7. The summed E-state index contributed by atoms with van der Waals surface area (Å²) >= 11 is 0. The van der Waals surface area contributed by atoms with Gasteiger partial charge in [0.1, 0.15) is 0 Å². The Kier molecular flexibility index (Phi) is 4.08. The van der Waals surface area contributed by atoms with Crippen molar-refractivity contribution in [2.24, 2.45) is 11.8 Å². The lowest BCUT2D eigenvalue weighted by Crippen LogP contribution is -2.31. The minimum atomic E-state index is -0.0749. The molecule has 0 radical (unpaired) electrons. The Balaban J connectivity index is 1.33. The van der Waals surface area contributed by atoms with Crippen molar-refractivity contribution in [3.63, 3.8) is 0 Å². The number of hydrogen-bond acceptors (Lipinski definition) is 2. The van der Waals surface area contributed by atoms with Crippen LogP contribution in [-0.2, 0) is 9.59 Å². The first-order chi connectivity index (χ1) is 9.74. The molecular formula is C16H24N2O2. The van der Waals surface area contributed by atoms with Crippen LogP contribution < -0.4 is 10.6 Å². The van der Waals surface area contributed by atoms with E-state index >= 15 is 0 Å². The Hall–Kier alpha value is -1.32. The first-order valence-electron chi connectivity index (χ1n) is 8.00. The monoisotopic (exact) mass is 276 g/mol. The molecule has 110 valence electrons. The molecule has 0 aromatic heterocycles. The number of nitrogens with one attached hydrogen (secondary N) is 2. The topological polar surface area (TPSA) is 58.2 Å². The highest BCUT2D eigenvalue weighted by Crippen LogP contribution is 2.39. The van der Waals surface area contributed by atoms with Crippen molar-refractivity contribution in [1.82, 2.24) is 10.6 Å². The molecule has 4 nitrogen and oxygen atoms in total. The van der Waals surface area contributed by atoms with Gasteiger partial charge in [-0.05, 0) is 51.4 Å². The highest BCUT2D eigenvalue weighted by Gasteiger charge is 2.48. The Morgan fingerprint density at radius 2 is 1.95 bits per heavy atom. The average Bonchev–Trinajstić information content (AvgIpc) is 3.33. The minimum Gasteiger partial charge on any atom is -0.356 e. The van der Waals surface area contributed by atoms with Gasteiger partial charge in [0.25, 0.3) is 0 Å². The van der Waals surface area contributed by atoms with Crippen molar-refractivity contribution in [1.29, 1.82) is 0 Å². The van der Waals surface area contributed by atoms with Crippen LogP contribution in [0.2, 0.25) is 0 Å². The second-order valence-electron chi connectivity index (χ2n) is 6.38. The molecule has 0 bridgehead atoms. The zero-order valence-corrected chi connectivity index (χ0v) is 12.0. The van der Waals surface area contributed by atoms with E-state index in [1.807, 2.05) is 0 Å². The second kappa shape index (κ2) is 5.98. The molecule has 2 unspecified atom stereocenters. The summed E-state index contributed by atoms with van der Waals surface area (Å²) in [6.07, 6.45) is 11.2. The molecule has 2 atom stereocenters. The van der Waals surface area contributed by atoms with Crippen molar-refractivity contribution >= 4 is 11.8 Å². The van der Waals surface area contributed by atoms with E-state index in [4.69, 9.17) is 0 Å². The van der Waals surface area contributed by atoms with Crippen molar-refractivity contribution in [2.75, 3.05) is 6.54 Å². The van der Waals surface area contributed by atoms with Crippen molar-refractivity contribution < 1.29 is 9.59 Å². The summed E-state index contributed by atoms with van der Waals surface area (Å²) in [5.41, 5.74) is 1.48. The molecular weight excluding hydrogens is 252 g/mol. The van der Waals surface area contributed by atoms with Crippen LogP contribution in [0.15, 0.2) is 11.6 Å². The first-order valence-corrected chi connectivity index (χ1v) is 8.00. The fraction of sp³-hybridized carbons (Fsp3) is 0.750. The maximum atomic E-state index is 12.0. The molecule has 2 saturated carbocycles. The predicted molar refractivity (Wildman–Crippen MR) is 76.9 cm³/mol. The standard InChI is InChI=1S/C16H24N2O2/c19-15(17-9-8-11-4-2-1-3-5-11)13-10-14(13)16(20)18-12-6-7-12/h4,12-14H,1-3,5-10H2,(H,17,19)(H,18,20). The lowest BCUT2D eigenvalue weighted by molar-refractivity contribution is -0.127. The molecule has 2 fully saturated rings. The van der Waals surface area contributed by atoms with E-state index in [0.29, 0.717) is 6.04 Å². The summed E-state index contributed by atoms with van der Waals surface area (Å²) in [5, 5.41) is 5.97. The minimum absolute atomic E-state index is 0.0653. The predicted octanol–water partition coefficient (Wildman–Crippen LogP) is 1.91. The van der Waals surface area contributed by atoms with E-state index in [1.54, 1.807) is 0 Å². The zero-order valence-electron chi connectivity index (χ0n) is 12.0. The molecule has 0 saturated heterocycles. The van der Waals surface area contributed by atoms with Crippen LogP contribution in [0.1, 0.15) is 51.4 Å². The number of carbonyl (C=O) groups is 2. The summed E-state index contributed by atoms with van der Waals surface area (Å²) in [6.45, 7) is 0.720. The van der Waals surface area contributed by atoms with E-state index in [2.05, 4.69) is 16.7 Å². The van der Waals surface area contributed by atoms with Gasteiger partial charge in [0.05, 0.1) is 11.8 Å². The van der Waals surface area contributed by atoms with Gasteiger partial charge >= 0.3 is 0 Å². The van der Waals surface area contributed by atoms with Gasteiger partial charge in [0, 0.05) is 12.6 Å². The second-order valence-corrected chi connectivity index (χ2v) is 6.38. The summed E-state index contributed by atoms with van der Waals surface area (Å²) in [7, 11) is 0. The van der Waals surface area contributed by atoms with Crippen LogP contribution in [0.5, 0.6) is 0 Å². The summed E-state index contributed by atoms with van der Waals surface area (Å²) < 4.78 is 0. The lowest BCUT2D eigenvalue weighted by Gasteiger charge is -2.12. The molecule has 2 N–H and O–H groups in total. The number of allylic oxidation sites excluding steroid dienone is 1. The van der Waals surface area contributed by atoms with E-state index in [0.717, 1.165) is 32.2 Å². The van der Waals surface area contributed by atoms with Gasteiger partial charge in [-0.15, -0.1) is 0 Å². The van der Waals surface area contributed by atoms with Crippen LogP contribution in [0.25, 0.3) is 0 Å². The third kappa shape index (κ3) is 3.62. The molecule has 4 heteroatoms. The van der Waals surface area contributed by atoms with Gasteiger partial charge in [-0.3, -0.25) is 9.59 Å². The number of amides is 2. The third-order valence-corrected chi connectivity index (χ3v) is 4.52. The van der Waals surface area contributed by atoms with Gasteiger partial charge in [0.2, 0.25) is 11.8 Å². The fourth-order valence-corrected chi connectivity index (χ4v) is 2.92. The molecule has 0 aromatic carbocycles. The largest absolute Gasteiger partial charge is 0.356 e. The van der Waals surface area contributed by atoms with Gasteiger partial charge in [0.15, 0.2) is 0 Å². The van der Waals surface area contributed by atoms with Crippen molar-refractivity contribution in [2.45, 2.75) is 57.4 Å². The van der Waals surface area contributed by atoms with Crippen LogP contribution in [0, 0.1) is 11.8 Å². The van der Waals surface area contributed by atoms with Crippen molar-refractivity contribution in [3.05, 3.63) is 11.6 Å². The number of carbonyl (C=O) groups excluding carboxylic acids is 2. The number of rotatable bonds is 6. The van der Waals surface area contributed by atoms with Gasteiger partial charge in [-0.1, -0.05) is 11.6 Å². The highest BCUT2D eigenvalue weighted by atomic mass is 16.2. The molecule has 0 spiro atoms. The Labute approximate surface area is 120 Å². The lowest BCUT2D eigenvalue weighted by atomic mass is 9.97. The quantitative estimate of drug-likeness (QED) is 0.728. The van der Waals surface area contributed by atoms with Crippen LogP contribution in [0.4, 0.5) is 0 Å². The average molecular weight is 276 g/mol. The van der Waals surface area contributed by atoms with Crippen LogP contribution in [-0.4, -0.2) is 24.4 Å². The fourth-order valence-electron chi connectivity index (χ4n) is 2.92. The molecule has 3 aliphatic rings. The Bertz CT molecular complexity index is 426. The summed E-state index contributed by atoms with van der Waals surface area (Å²) in [5.74, 6) is 0.0126. The molecule has 0 aliphatic heterocycles. The highest BCUT2D eigenvalue weighted by molar-refractivity contribution is 5.92. The Morgan fingerprint density at radius 1 is 1.15 bits per heavy atom. The van der Waals surface area contributed by atoms with E-state index < -0.39 is 0 Å². The van der Waals surface area contributed by atoms with Crippen molar-refractivity contribution in [3.8, 4) is 0 Å². The van der Waals surface area contributed by atoms with E-state index in [9.17, 15) is 9.59 Å². The smallest absolute Gasteiger partial charge is 0.224 e. The van der Waals surface area contributed by atoms with Crippen LogP contribution in [0.3, 0.4) is 0 Å². The molecule has 20 heavy (non-hydrogen) atoms. The molecule has 0 heterocycles. The molecule has 2 amide bonds. The maximum absolute atomic E-state index is 12.0. The molecule has 3 aliphatic carbocycles. The summed E-state index contributed by atoms with van der Waals surface area (Å²) in [4.78, 5) is 23.7. The van der Waals surface area contributed by atoms with Gasteiger partial charge < -0.3 is 10.6 Å². The van der Waals surface area contributed by atoms with Crippen LogP contribution >= 0.6 is 0 Å². The normalized spacial score (nSPS) is 28.5. The van der Waals surface area contributed by atoms with Gasteiger partial charge in [-0.2, -0.15) is 0 Å². The SMILES string of the molecule is O=C(NCCC1=CCCCC1)C1CC1C(=O)NC1CC1. The van der Waals surface area contributed by atoms with Gasteiger partial charge in [-0.25, -0.2) is 0 Å². The molecule has 0 aromatic rings. The van der Waals surface area contributed by atoms with E-state index in [-0.39, 0.29) is 23.7 Å². The van der Waals surface area contributed by atoms with E-state index in [1.165, 1.54) is 31.3 Å². The maximum Gasteiger partial charge on any atom is 0.224 e. The zero-order chi connectivity index (χ0) is 13.9. The molecule has 3 rings (SSSR count). The summed E-state index contributed by atoms with van der Waals surface area (Å²) in [6, 6.07) is 0.394. The third-order valence-electron chi connectivity index (χ3n) is 4.52. The number of hydrogen-bond donors (Lipinski definition) is 2. The Morgan fingerprint density at radius 3 is 2.65 bits per heavy atom.